The Labute approximate surface area is 64.3 Å². The minimum Gasteiger partial charge on any atom is -0.346 e. The maximum atomic E-state index is 10.7. The zero-order valence-corrected chi connectivity index (χ0v) is 6.09. The standard InChI is InChI=1S/C6H11N3O2/c7-2-1-4-3-8-5(10)6(11)9-4/h4H,1-3,7H2,(H,8,10)(H,9,11). The molecule has 4 N–H and O–H groups in total. The Kier molecular flexibility index (Phi) is 2.43. The smallest absolute Gasteiger partial charge is 0.309 e. The Hall–Kier alpha value is -1.10. The van der Waals surface area contributed by atoms with E-state index >= 15 is 0 Å². The van der Waals surface area contributed by atoms with Crippen molar-refractivity contribution < 1.29 is 9.59 Å². The summed E-state index contributed by atoms with van der Waals surface area (Å²) in [4.78, 5) is 21.3. The van der Waals surface area contributed by atoms with Gasteiger partial charge in [0.1, 0.15) is 0 Å². The average Bonchev–Trinajstić information content (AvgIpc) is 1.98. The van der Waals surface area contributed by atoms with Gasteiger partial charge in [-0.15, -0.1) is 0 Å². The van der Waals surface area contributed by atoms with Gasteiger partial charge in [0, 0.05) is 12.6 Å². The Balaban J connectivity index is 2.40. The van der Waals surface area contributed by atoms with Crippen LogP contribution in [0.1, 0.15) is 6.42 Å². The monoisotopic (exact) mass is 157 g/mol. The molecule has 1 saturated heterocycles. The fraction of sp³-hybridized carbons (Fsp3) is 0.667. The predicted octanol–water partition coefficient (Wildman–Crippen LogP) is -2.05. The van der Waals surface area contributed by atoms with Gasteiger partial charge in [-0.25, -0.2) is 0 Å². The van der Waals surface area contributed by atoms with E-state index < -0.39 is 11.8 Å². The van der Waals surface area contributed by atoms with Gasteiger partial charge in [0.05, 0.1) is 0 Å². The molecule has 1 unspecified atom stereocenters. The van der Waals surface area contributed by atoms with Crippen LogP contribution in [0.3, 0.4) is 0 Å². The van der Waals surface area contributed by atoms with E-state index in [1.165, 1.54) is 0 Å². The summed E-state index contributed by atoms with van der Waals surface area (Å²) in [5.41, 5.74) is 5.28. The highest BCUT2D eigenvalue weighted by molar-refractivity contribution is 6.35. The first-order valence-corrected chi connectivity index (χ1v) is 3.53. The van der Waals surface area contributed by atoms with Crippen LogP contribution >= 0.6 is 0 Å². The molecule has 5 heteroatoms. The first-order valence-electron chi connectivity index (χ1n) is 3.53. The normalized spacial score (nSPS) is 24.3. The minimum atomic E-state index is -0.560. The molecule has 1 heterocycles. The molecule has 1 rings (SSSR count). The number of nitrogens with one attached hydrogen (secondary N) is 2. The second kappa shape index (κ2) is 3.34. The molecule has 0 aromatic rings. The maximum Gasteiger partial charge on any atom is 0.309 e. The Bertz CT molecular complexity index is 181. The number of carbonyl (C=O) groups excluding carboxylic acids is 2. The summed E-state index contributed by atoms with van der Waals surface area (Å²) in [7, 11) is 0. The van der Waals surface area contributed by atoms with Gasteiger partial charge in [-0.3, -0.25) is 9.59 Å². The van der Waals surface area contributed by atoms with Crippen LogP contribution in [0.4, 0.5) is 0 Å². The van der Waals surface area contributed by atoms with Crippen LogP contribution in [0.25, 0.3) is 0 Å². The van der Waals surface area contributed by atoms with E-state index in [0.29, 0.717) is 19.5 Å². The molecule has 0 radical (unpaired) electrons. The summed E-state index contributed by atoms with van der Waals surface area (Å²) in [5.74, 6) is -1.12. The third-order valence-electron chi connectivity index (χ3n) is 1.57. The number of hydrogen-bond donors (Lipinski definition) is 3. The van der Waals surface area contributed by atoms with Crippen molar-refractivity contribution >= 4 is 11.8 Å². The quantitative estimate of drug-likeness (QED) is 0.403. The predicted molar refractivity (Wildman–Crippen MR) is 38.6 cm³/mol. The zero-order chi connectivity index (χ0) is 8.27. The van der Waals surface area contributed by atoms with Gasteiger partial charge in [0.25, 0.3) is 0 Å². The lowest BCUT2D eigenvalue weighted by Gasteiger charge is -2.22. The first kappa shape index (κ1) is 8.00. The van der Waals surface area contributed by atoms with Crippen molar-refractivity contribution in [2.24, 2.45) is 5.73 Å². The van der Waals surface area contributed by atoms with E-state index in [0.717, 1.165) is 0 Å². The van der Waals surface area contributed by atoms with Crippen LogP contribution in [0.5, 0.6) is 0 Å². The van der Waals surface area contributed by atoms with Crippen LogP contribution in [-0.2, 0) is 9.59 Å². The lowest BCUT2D eigenvalue weighted by Crippen LogP contribution is -2.56. The van der Waals surface area contributed by atoms with Crippen LogP contribution in [0, 0.1) is 0 Å². The van der Waals surface area contributed by atoms with Crippen molar-refractivity contribution in [1.82, 2.24) is 10.6 Å². The molecular formula is C6H11N3O2. The van der Waals surface area contributed by atoms with Crippen molar-refractivity contribution in [1.29, 1.82) is 0 Å². The molecule has 1 aliphatic heterocycles. The van der Waals surface area contributed by atoms with Gasteiger partial charge in [-0.2, -0.15) is 0 Å². The summed E-state index contributed by atoms with van der Waals surface area (Å²) in [6.07, 6.45) is 0.700. The lowest BCUT2D eigenvalue weighted by molar-refractivity contribution is -0.141. The first-order chi connectivity index (χ1) is 5.24. The molecular weight excluding hydrogens is 146 g/mol. The molecule has 0 saturated carbocycles. The van der Waals surface area contributed by atoms with Crippen molar-refractivity contribution in [3.63, 3.8) is 0 Å². The molecule has 0 aliphatic carbocycles. The Morgan fingerprint density at radius 3 is 2.73 bits per heavy atom. The second-order valence-corrected chi connectivity index (χ2v) is 2.46. The highest BCUT2D eigenvalue weighted by Gasteiger charge is 2.23. The molecule has 0 bridgehead atoms. The molecule has 2 amide bonds. The zero-order valence-electron chi connectivity index (χ0n) is 6.09. The van der Waals surface area contributed by atoms with E-state index in [-0.39, 0.29) is 6.04 Å². The van der Waals surface area contributed by atoms with E-state index in [1.807, 2.05) is 0 Å². The molecule has 5 nitrogen and oxygen atoms in total. The minimum absolute atomic E-state index is 0.00481. The number of hydrogen-bond acceptors (Lipinski definition) is 3. The van der Waals surface area contributed by atoms with E-state index in [9.17, 15) is 9.59 Å². The van der Waals surface area contributed by atoms with Gasteiger partial charge in [0.2, 0.25) is 0 Å². The highest BCUT2D eigenvalue weighted by atomic mass is 16.2. The van der Waals surface area contributed by atoms with E-state index in [1.54, 1.807) is 0 Å². The van der Waals surface area contributed by atoms with Gasteiger partial charge < -0.3 is 16.4 Å². The van der Waals surface area contributed by atoms with Crippen LogP contribution in [-0.4, -0.2) is 30.9 Å². The fourth-order valence-electron chi connectivity index (χ4n) is 0.974. The van der Waals surface area contributed by atoms with Gasteiger partial charge >= 0.3 is 11.8 Å². The summed E-state index contributed by atoms with van der Waals surface area (Å²) in [6.45, 7) is 1.00. The summed E-state index contributed by atoms with van der Waals surface area (Å²) in [6, 6.07) is 0.00481. The van der Waals surface area contributed by atoms with Crippen LogP contribution < -0.4 is 16.4 Å². The van der Waals surface area contributed by atoms with Crippen molar-refractivity contribution in [3.05, 3.63) is 0 Å². The lowest BCUT2D eigenvalue weighted by atomic mass is 10.1. The third kappa shape index (κ3) is 1.91. The van der Waals surface area contributed by atoms with Crippen LogP contribution in [0.2, 0.25) is 0 Å². The van der Waals surface area contributed by atoms with Crippen molar-refractivity contribution in [2.45, 2.75) is 12.5 Å². The van der Waals surface area contributed by atoms with Crippen LogP contribution in [0.15, 0.2) is 0 Å². The topological polar surface area (TPSA) is 84.2 Å². The SMILES string of the molecule is NCCC1CNC(=O)C(=O)N1. The molecule has 1 atom stereocenters. The highest BCUT2D eigenvalue weighted by Crippen LogP contribution is 1.92. The number of nitrogens with two attached hydrogens (primary N) is 1. The van der Waals surface area contributed by atoms with Gasteiger partial charge in [-0.05, 0) is 13.0 Å². The molecule has 0 spiro atoms. The summed E-state index contributed by atoms with van der Waals surface area (Å²) >= 11 is 0. The van der Waals surface area contributed by atoms with Gasteiger partial charge in [-0.1, -0.05) is 0 Å². The number of amides is 2. The largest absolute Gasteiger partial charge is 0.346 e. The summed E-state index contributed by atoms with van der Waals surface area (Å²) < 4.78 is 0. The Morgan fingerprint density at radius 2 is 2.18 bits per heavy atom. The Morgan fingerprint density at radius 1 is 1.45 bits per heavy atom. The second-order valence-electron chi connectivity index (χ2n) is 2.46. The number of piperazine rings is 1. The van der Waals surface area contributed by atoms with Crippen molar-refractivity contribution in [2.75, 3.05) is 13.1 Å². The molecule has 1 fully saturated rings. The molecule has 0 aromatic carbocycles. The maximum absolute atomic E-state index is 10.7. The molecule has 62 valence electrons. The van der Waals surface area contributed by atoms with Gasteiger partial charge in [0.15, 0.2) is 0 Å². The fourth-order valence-corrected chi connectivity index (χ4v) is 0.974. The summed E-state index contributed by atoms with van der Waals surface area (Å²) in [5, 5.41) is 5.00. The number of rotatable bonds is 2. The molecule has 1 aliphatic rings. The average molecular weight is 157 g/mol. The van der Waals surface area contributed by atoms with E-state index in [2.05, 4.69) is 10.6 Å². The number of carbonyl (C=O) groups is 2. The molecule has 11 heavy (non-hydrogen) atoms. The van der Waals surface area contributed by atoms with E-state index in [4.69, 9.17) is 5.73 Å². The third-order valence-corrected chi connectivity index (χ3v) is 1.57. The van der Waals surface area contributed by atoms with Crippen molar-refractivity contribution in [3.8, 4) is 0 Å². The molecule has 0 aromatic heterocycles.